The molecule has 1 amide bonds. The third-order valence-electron chi connectivity index (χ3n) is 4.69. The maximum Gasteiger partial charge on any atom is 0.491 e. The van der Waals surface area contributed by atoms with Gasteiger partial charge in [0.25, 0.3) is 5.91 Å². The Hall–Kier alpha value is -2.80. The largest absolute Gasteiger partial charge is 0.495 e. The Balaban J connectivity index is 1.67. The standard InChI is InChI=1S/C21H17BClNO4/c1-27-20-8-7-14(13-5-3-2-4-6-13)10-19(20)24-21(25)16-11-17-15(9-18(16)23)12-28-22(17)26/h2-11,26H,12H2,1H3,(H,24,25). The second-order valence-corrected chi connectivity index (χ2v) is 6.84. The minimum absolute atomic E-state index is 0.261. The molecule has 3 aromatic rings. The topological polar surface area (TPSA) is 67.8 Å². The highest BCUT2D eigenvalue weighted by Crippen LogP contribution is 2.31. The van der Waals surface area contributed by atoms with E-state index in [0.29, 0.717) is 21.9 Å². The van der Waals surface area contributed by atoms with E-state index in [0.717, 1.165) is 16.7 Å². The second kappa shape index (κ2) is 7.68. The summed E-state index contributed by atoms with van der Waals surface area (Å²) < 4.78 is 10.6. The average Bonchev–Trinajstić information content (AvgIpc) is 3.07. The number of anilines is 1. The van der Waals surface area contributed by atoms with Gasteiger partial charge in [0, 0.05) is 0 Å². The number of hydrogen-bond donors (Lipinski definition) is 2. The van der Waals surface area contributed by atoms with E-state index in [2.05, 4.69) is 5.32 Å². The molecule has 0 fully saturated rings. The molecule has 3 aromatic carbocycles. The number of amides is 1. The first kappa shape index (κ1) is 18.6. The van der Waals surface area contributed by atoms with E-state index in [4.69, 9.17) is 21.0 Å². The zero-order valence-electron chi connectivity index (χ0n) is 15.1. The molecule has 0 atom stereocenters. The van der Waals surface area contributed by atoms with Gasteiger partial charge in [-0.2, -0.15) is 0 Å². The molecule has 0 spiro atoms. The first-order valence-electron chi connectivity index (χ1n) is 8.73. The van der Waals surface area contributed by atoms with Crippen LogP contribution in [0.5, 0.6) is 5.75 Å². The van der Waals surface area contributed by atoms with Crippen LogP contribution in [0.4, 0.5) is 5.69 Å². The number of nitrogens with one attached hydrogen (secondary N) is 1. The van der Waals surface area contributed by atoms with Gasteiger partial charge < -0.3 is 19.7 Å². The summed E-state index contributed by atoms with van der Waals surface area (Å²) in [5.41, 5.74) is 4.09. The van der Waals surface area contributed by atoms with Gasteiger partial charge in [0.2, 0.25) is 0 Å². The summed E-state index contributed by atoms with van der Waals surface area (Å²) in [4.78, 5) is 12.9. The lowest BCUT2D eigenvalue weighted by Crippen LogP contribution is -2.29. The zero-order chi connectivity index (χ0) is 19.7. The molecule has 0 radical (unpaired) electrons. The lowest BCUT2D eigenvalue weighted by Gasteiger charge is -2.14. The number of rotatable bonds is 4. The van der Waals surface area contributed by atoms with E-state index in [-0.39, 0.29) is 12.2 Å². The van der Waals surface area contributed by atoms with Gasteiger partial charge >= 0.3 is 7.12 Å². The highest BCUT2D eigenvalue weighted by atomic mass is 35.5. The van der Waals surface area contributed by atoms with Crippen LogP contribution >= 0.6 is 11.6 Å². The Kier molecular flexibility index (Phi) is 5.09. The molecule has 1 heterocycles. The number of ether oxygens (including phenoxy) is 1. The van der Waals surface area contributed by atoms with Crippen molar-refractivity contribution in [2.24, 2.45) is 0 Å². The Morgan fingerprint density at radius 1 is 1.14 bits per heavy atom. The van der Waals surface area contributed by atoms with Crippen LogP contribution in [-0.2, 0) is 11.3 Å². The predicted octanol–water partition coefficient (Wildman–Crippen LogP) is 3.49. The van der Waals surface area contributed by atoms with Gasteiger partial charge in [0.15, 0.2) is 0 Å². The monoisotopic (exact) mass is 393 g/mol. The first-order chi connectivity index (χ1) is 13.6. The fourth-order valence-electron chi connectivity index (χ4n) is 3.22. The van der Waals surface area contributed by atoms with Crippen molar-refractivity contribution in [3.05, 3.63) is 76.8 Å². The summed E-state index contributed by atoms with van der Waals surface area (Å²) in [6, 6.07) is 18.6. The number of benzene rings is 3. The molecule has 0 bridgehead atoms. The Morgan fingerprint density at radius 3 is 2.68 bits per heavy atom. The minimum Gasteiger partial charge on any atom is -0.495 e. The lowest BCUT2D eigenvalue weighted by atomic mass is 9.78. The highest BCUT2D eigenvalue weighted by molar-refractivity contribution is 6.61. The van der Waals surface area contributed by atoms with Crippen LogP contribution < -0.4 is 15.5 Å². The van der Waals surface area contributed by atoms with Crippen molar-refractivity contribution in [3.8, 4) is 16.9 Å². The smallest absolute Gasteiger partial charge is 0.491 e. The molecule has 0 aromatic heterocycles. The van der Waals surface area contributed by atoms with Crippen molar-refractivity contribution in [2.75, 3.05) is 12.4 Å². The average molecular weight is 394 g/mol. The van der Waals surface area contributed by atoms with Gasteiger partial charge in [0.05, 0.1) is 30.0 Å². The van der Waals surface area contributed by atoms with E-state index in [1.165, 1.54) is 0 Å². The van der Waals surface area contributed by atoms with Crippen LogP contribution in [0.1, 0.15) is 15.9 Å². The first-order valence-corrected chi connectivity index (χ1v) is 9.11. The third-order valence-corrected chi connectivity index (χ3v) is 5.00. The van der Waals surface area contributed by atoms with E-state index in [9.17, 15) is 9.82 Å². The van der Waals surface area contributed by atoms with Crippen LogP contribution in [0, 0.1) is 0 Å². The van der Waals surface area contributed by atoms with Crippen molar-refractivity contribution in [2.45, 2.75) is 6.61 Å². The van der Waals surface area contributed by atoms with Gasteiger partial charge in [-0.25, -0.2) is 0 Å². The highest BCUT2D eigenvalue weighted by Gasteiger charge is 2.29. The van der Waals surface area contributed by atoms with Gasteiger partial charge in [-0.3, -0.25) is 4.79 Å². The molecule has 0 saturated carbocycles. The Morgan fingerprint density at radius 2 is 1.93 bits per heavy atom. The fraction of sp³-hybridized carbons (Fsp3) is 0.0952. The molecule has 28 heavy (non-hydrogen) atoms. The zero-order valence-corrected chi connectivity index (χ0v) is 15.9. The van der Waals surface area contributed by atoms with Crippen molar-refractivity contribution in [1.82, 2.24) is 0 Å². The summed E-state index contributed by atoms with van der Waals surface area (Å²) in [6.45, 7) is 0.269. The van der Waals surface area contributed by atoms with Crippen LogP contribution in [0.15, 0.2) is 60.7 Å². The molecular formula is C21H17BClNO4. The Bertz CT molecular complexity index is 1040. The maximum atomic E-state index is 12.9. The van der Waals surface area contributed by atoms with Crippen LogP contribution in [0.2, 0.25) is 5.02 Å². The van der Waals surface area contributed by atoms with Crippen molar-refractivity contribution in [1.29, 1.82) is 0 Å². The van der Waals surface area contributed by atoms with Crippen molar-refractivity contribution in [3.63, 3.8) is 0 Å². The number of hydrogen-bond acceptors (Lipinski definition) is 4. The molecule has 0 aliphatic carbocycles. The molecule has 1 aliphatic heterocycles. The summed E-state index contributed by atoms with van der Waals surface area (Å²) in [5, 5.41) is 13.1. The predicted molar refractivity (Wildman–Crippen MR) is 110 cm³/mol. The number of fused-ring (bicyclic) bond motifs is 1. The van der Waals surface area contributed by atoms with Crippen LogP contribution in [0.25, 0.3) is 11.1 Å². The van der Waals surface area contributed by atoms with Gasteiger partial charge in [0.1, 0.15) is 5.75 Å². The summed E-state index contributed by atoms with van der Waals surface area (Å²) in [7, 11) is 0.498. The van der Waals surface area contributed by atoms with Crippen LogP contribution in [-0.4, -0.2) is 25.2 Å². The van der Waals surface area contributed by atoms with E-state index >= 15 is 0 Å². The minimum atomic E-state index is -1.05. The number of halogens is 1. The summed E-state index contributed by atoms with van der Waals surface area (Å²) >= 11 is 6.29. The van der Waals surface area contributed by atoms with Crippen molar-refractivity contribution < 1.29 is 19.2 Å². The number of methoxy groups -OCH3 is 1. The lowest BCUT2D eigenvalue weighted by molar-refractivity contribution is 0.102. The van der Waals surface area contributed by atoms with Gasteiger partial charge in [-0.15, -0.1) is 0 Å². The van der Waals surface area contributed by atoms with Crippen LogP contribution in [0.3, 0.4) is 0 Å². The second-order valence-electron chi connectivity index (χ2n) is 6.43. The molecule has 7 heteroatoms. The SMILES string of the molecule is COc1ccc(-c2ccccc2)cc1NC(=O)c1cc2c(cc1Cl)COB2O. The normalized spacial score (nSPS) is 12.6. The fourth-order valence-corrected chi connectivity index (χ4v) is 3.50. The van der Waals surface area contributed by atoms with Gasteiger partial charge in [-0.1, -0.05) is 48.0 Å². The maximum absolute atomic E-state index is 12.9. The molecular weight excluding hydrogens is 376 g/mol. The molecule has 0 saturated heterocycles. The Labute approximate surface area is 168 Å². The molecule has 5 nitrogen and oxygen atoms in total. The molecule has 1 aliphatic rings. The summed E-state index contributed by atoms with van der Waals surface area (Å²) in [6.07, 6.45) is 0. The molecule has 140 valence electrons. The molecule has 4 rings (SSSR count). The summed E-state index contributed by atoms with van der Waals surface area (Å²) in [5.74, 6) is 0.143. The number of carbonyl (C=O) groups is 1. The van der Waals surface area contributed by atoms with E-state index in [1.54, 1.807) is 25.3 Å². The molecule has 0 unspecified atom stereocenters. The van der Waals surface area contributed by atoms with E-state index in [1.807, 2.05) is 42.5 Å². The van der Waals surface area contributed by atoms with Crippen molar-refractivity contribution >= 4 is 35.8 Å². The van der Waals surface area contributed by atoms with Gasteiger partial charge in [-0.05, 0) is 46.4 Å². The molecule has 2 N–H and O–H groups in total. The number of carbonyl (C=O) groups excluding carboxylic acids is 1. The van der Waals surface area contributed by atoms with E-state index < -0.39 is 13.0 Å². The quantitative estimate of drug-likeness (QED) is 0.666. The third kappa shape index (κ3) is 3.50.